The fourth-order valence-corrected chi connectivity index (χ4v) is 4.67. The first kappa shape index (κ1) is 9.37. The SMILES string of the molecule is CN1CC(=O)C23C4C=CC(O4)C2CCCC13. The molecule has 0 aromatic rings. The normalized spacial score (nSPS) is 54.4. The third-order valence-corrected chi connectivity index (χ3v) is 5.21. The van der Waals surface area contributed by atoms with Crippen LogP contribution in [0.3, 0.4) is 0 Å². The molecular formula is C13H17NO2. The lowest BCUT2D eigenvalue weighted by molar-refractivity contribution is -0.130. The van der Waals surface area contributed by atoms with Gasteiger partial charge < -0.3 is 4.74 Å². The highest BCUT2D eigenvalue weighted by atomic mass is 16.5. The lowest BCUT2D eigenvalue weighted by Crippen LogP contribution is -2.53. The van der Waals surface area contributed by atoms with E-state index in [2.05, 4.69) is 24.1 Å². The van der Waals surface area contributed by atoms with E-state index < -0.39 is 0 Å². The first-order chi connectivity index (χ1) is 7.74. The molecule has 16 heavy (non-hydrogen) atoms. The van der Waals surface area contributed by atoms with Gasteiger partial charge in [-0.15, -0.1) is 0 Å². The second-order valence-electron chi connectivity index (χ2n) is 5.73. The Morgan fingerprint density at radius 1 is 1.44 bits per heavy atom. The van der Waals surface area contributed by atoms with Crippen molar-refractivity contribution < 1.29 is 9.53 Å². The number of carbonyl (C=O) groups excluding carboxylic acids is 1. The summed E-state index contributed by atoms with van der Waals surface area (Å²) < 4.78 is 5.98. The Labute approximate surface area is 95.4 Å². The Balaban J connectivity index is 1.89. The molecule has 0 N–H and O–H groups in total. The van der Waals surface area contributed by atoms with Gasteiger partial charge in [0.05, 0.1) is 24.2 Å². The summed E-state index contributed by atoms with van der Waals surface area (Å²) >= 11 is 0. The van der Waals surface area contributed by atoms with Crippen LogP contribution in [0.4, 0.5) is 0 Å². The quantitative estimate of drug-likeness (QED) is 0.569. The number of Topliss-reactive ketones (excluding diaryl/α,β-unsaturated/α-hetero) is 1. The first-order valence-corrected chi connectivity index (χ1v) is 6.32. The topological polar surface area (TPSA) is 29.5 Å². The zero-order valence-corrected chi connectivity index (χ0v) is 9.56. The summed E-state index contributed by atoms with van der Waals surface area (Å²) in [6, 6.07) is 0.429. The molecule has 86 valence electrons. The molecule has 5 unspecified atom stereocenters. The molecule has 0 aromatic carbocycles. The molecule has 3 nitrogen and oxygen atoms in total. The highest BCUT2D eigenvalue weighted by Crippen LogP contribution is 2.59. The van der Waals surface area contributed by atoms with Gasteiger partial charge in [0.1, 0.15) is 0 Å². The van der Waals surface area contributed by atoms with Crippen molar-refractivity contribution in [2.45, 2.75) is 37.5 Å². The third-order valence-electron chi connectivity index (χ3n) is 5.21. The molecular weight excluding hydrogens is 202 g/mol. The highest BCUT2D eigenvalue weighted by Gasteiger charge is 2.69. The van der Waals surface area contributed by atoms with Gasteiger partial charge in [-0.05, 0) is 19.9 Å². The number of hydrogen-bond donors (Lipinski definition) is 0. The van der Waals surface area contributed by atoms with Gasteiger partial charge in [0.15, 0.2) is 5.78 Å². The van der Waals surface area contributed by atoms with Crippen LogP contribution in [0.5, 0.6) is 0 Å². The van der Waals surface area contributed by atoms with Crippen LogP contribution < -0.4 is 0 Å². The minimum Gasteiger partial charge on any atom is -0.365 e. The van der Waals surface area contributed by atoms with E-state index in [0.717, 1.165) is 0 Å². The molecule has 3 heteroatoms. The fraction of sp³-hybridized carbons (Fsp3) is 0.769. The summed E-state index contributed by atoms with van der Waals surface area (Å²) in [5, 5.41) is 0. The molecule has 2 saturated heterocycles. The number of rotatable bonds is 0. The van der Waals surface area contributed by atoms with Crippen molar-refractivity contribution in [1.82, 2.24) is 4.90 Å². The number of hydrogen-bond acceptors (Lipinski definition) is 3. The molecule has 0 amide bonds. The Bertz CT molecular complexity index is 391. The monoisotopic (exact) mass is 219 g/mol. The number of ether oxygens (including phenoxy) is 1. The number of ketones is 1. The van der Waals surface area contributed by atoms with Crippen molar-refractivity contribution in [1.29, 1.82) is 0 Å². The summed E-state index contributed by atoms with van der Waals surface area (Å²) in [4.78, 5) is 14.7. The summed E-state index contributed by atoms with van der Waals surface area (Å²) in [7, 11) is 2.09. The van der Waals surface area contributed by atoms with Crippen molar-refractivity contribution in [2.24, 2.45) is 11.3 Å². The maximum atomic E-state index is 12.5. The number of fused-ring (bicyclic) bond motifs is 3. The second kappa shape index (κ2) is 2.77. The maximum absolute atomic E-state index is 12.5. The molecule has 3 heterocycles. The van der Waals surface area contributed by atoms with Crippen molar-refractivity contribution in [3.05, 3.63) is 12.2 Å². The van der Waals surface area contributed by atoms with Crippen LogP contribution in [0.1, 0.15) is 19.3 Å². The molecule has 0 radical (unpaired) electrons. The molecule has 4 rings (SSSR count). The van der Waals surface area contributed by atoms with Crippen LogP contribution in [0.15, 0.2) is 12.2 Å². The van der Waals surface area contributed by atoms with Crippen molar-refractivity contribution in [3.63, 3.8) is 0 Å². The van der Waals surface area contributed by atoms with Gasteiger partial charge in [-0.2, -0.15) is 0 Å². The molecule has 3 aliphatic heterocycles. The van der Waals surface area contributed by atoms with Gasteiger partial charge in [0.25, 0.3) is 0 Å². The van der Waals surface area contributed by atoms with Crippen LogP contribution >= 0.6 is 0 Å². The highest BCUT2D eigenvalue weighted by molar-refractivity contribution is 5.92. The zero-order chi connectivity index (χ0) is 10.9. The van der Waals surface area contributed by atoms with E-state index in [-0.39, 0.29) is 17.6 Å². The average Bonchev–Trinajstić information content (AvgIpc) is 2.92. The van der Waals surface area contributed by atoms with E-state index in [1.165, 1.54) is 19.3 Å². The van der Waals surface area contributed by atoms with Gasteiger partial charge >= 0.3 is 0 Å². The molecule has 5 atom stereocenters. The summed E-state index contributed by atoms with van der Waals surface area (Å²) in [6.07, 6.45) is 8.19. The Morgan fingerprint density at radius 2 is 2.31 bits per heavy atom. The van der Waals surface area contributed by atoms with E-state index in [9.17, 15) is 4.79 Å². The molecule has 1 spiro atoms. The van der Waals surface area contributed by atoms with Gasteiger partial charge in [0.2, 0.25) is 0 Å². The summed E-state index contributed by atoms with van der Waals surface area (Å²) in [5.41, 5.74) is -0.174. The van der Waals surface area contributed by atoms with Crippen molar-refractivity contribution >= 4 is 5.78 Å². The van der Waals surface area contributed by atoms with E-state index in [1.807, 2.05) is 0 Å². The molecule has 1 saturated carbocycles. The molecule has 4 aliphatic rings. The molecule has 2 bridgehead atoms. The number of likely N-dealkylation sites (tertiary alicyclic amines) is 1. The second-order valence-corrected chi connectivity index (χ2v) is 5.73. The van der Waals surface area contributed by atoms with Crippen LogP contribution in [0, 0.1) is 11.3 Å². The predicted octanol–water partition coefficient (Wildman–Crippen LogP) is 0.993. The van der Waals surface area contributed by atoms with Crippen LogP contribution in [0.2, 0.25) is 0 Å². The minimum atomic E-state index is -0.174. The van der Waals surface area contributed by atoms with Crippen LogP contribution in [-0.4, -0.2) is 42.5 Å². The largest absolute Gasteiger partial charge is 0.365 e. The van der Waals surface area contributed by atoms with E-state index in [1.54, 1.807) is 0 Å². The van der Waals surface area contributed by atoms with Gasteiger partial charge in [-0.1, -0.05) is 18.6 Å². The molecule has 0 aromatic heterocycles. The Kier molecular flexibility index (Phi) is 1.62. The first-order valence-electron chi connectivity index (χ1n) is 6.32. The molecule has 1 aliphatic carbocycles. The smallest absolute Gasteiger partial charge is 0.157 e. The van der Waals surface area contributed by atoms with Crippen molar-refractivity contribution in [3.8, 4) is 0 Å². The van der Waals surface area contributed by atoms with E-state index >= 15 is 0 Å². The lowest BCUT2D eigenvalue weighted by Gasteiger charge is -2.44. The Hall–Kier alpha value is -0.670. The summed E-state index contributed by atoms with van der Waals surface area (Å²) in [5.74, 6) is 0.889. The average molecular weight is 219 g/mol. The van der Waals surface area contributed by atoms with E-state index in [4.69, 9.17) is 4.74 Å². The maximum Gasteiger partial charge on any atom is 0.157 e. The minimum absolute atomic E-state index is 0.0743. The van der Waals surface area contributed by atoms with E-state index in [0.29, 0.717) is 24.3 Å². The van der Waals surface area contributed by atoms with Gasteiger partial charge in [0, 0.05) is 12.0 Å². The van der Waals surface area contributed by atoms with Crippen molar-refractivity contribution in [2.75, 3.05) is 13.6 Å². The van der Waals surface area contributed by atoms with Gasteiger partial charge in [-0.3, -0.25) is 9.69 Å². The predicted molar refractivity (Wildman–Crippen MR) is 59.0 cm³/mol. The standard InChI is InChI=1S/C13H17NO2/c1-14-7-11(15)13-8(3-2-4-10(13)14)9-5-6-12(13)16-9/h5-6,8-10,12H,2-4,7H2,1H3. The van der Waals surface area contributed by atoms with Crippen LogP contribution in [-0.2, 0) is 9.53 Å². The lowest BCUT2D eigenvalue weighted by atomic mass is 9.58. The number of carbonyl (C=O) groups is 1. The number of likely N-dealkylation sites (N-methyl/N-ethyl adjacent to an activating group) is 1. The third kappa shape index (κ3) is 0.800. The zero-order valence-electron chi connectivity index (χ0n) is 9.56. The van der Waals surface area contributed by atoms with Crippen LogP contribution in [0.25, 0.3) is 0 Å². The fourth-order valence-electron chi connectivity index (χ4n) is 4.67. The molecule has 3 fully saturated rings. The number of nitrogens with zero attached hydrogens (tertiary/aromatic N) is 1. The Morgan fingerprint density at radius 3 is 3.19 bits per heavy atom. The summed E-state index contributed by atoms with van der Waals surface area (Å²) in [6.45, 7) is 0.627. The van der Waals surface area contributed by atoms with Gasteiger partial charge in [-0.25, -0.2) is 0 Å².